The average Bonchev–Trinajstić information content (AvgIpc) is 2.51. The fourth-order valence-electron chi connectivity index (χ4n) is 1.02. The molecule has 5 heteroatoms. The van der Waals surface area contributed by atoms with Crippen LogP contribution in [0.3, 0.4) is 0 Å². The second kappa shape index (κ2) is 2.85. The van der Waals surface area contributed by atoms with Gasteiger partial charge in [0.1, 0.15) is 11.4 Å². The van der Waals surface area contributed by atoms with Crippen molar-refractivity contribution < 1.29 is 4.52 Å². The third-order valence-electron chi connectivity index (χ3n) is 1.62. The molecule has 5 nitrogen and oxygen atoms in total. The van der Waals surface area contributed by atoms with Gasteiger partial charge in [0.25, 0.3) is 0 Å². The molecule has 13 heavy (non-hydrogen) atoms. The summed E-state index contributed by atoms with van der Waals surface area (Å²) in [6.07, 6.45) is 3.11. The number of nitrogen functional groups attached to an aromatic ring is 1. The highest BCUT2D eigenvalue weighted by molar-refractivity contribution is 5.66. The topological polar surface area (TPSA) is 77.8 Å². The molecule has 2 aromatic heterocycles. The molecule has 2 rings (SSSR count). The fraction of sp³-hybridized carbons (Fsp3) is 0.125. The maximum Gasteiger partial charge on any atom is 0.209 e. The van der Waals surface area contributed by atoms with Crippen LogP contribution in [0.1, 0.15) is 5.56 Å². The van der Waals surface area contributed by atoms with Gasteiger partial charge >= 0.3 is 0 Å². The number of rotatable bonds is 1. The Hall–Kier alpha value is -1.91. The predicted octanol–water partition coefficient (Wildman–Crippen LogP) is 1.02. The van der Waals surface area contributed by atoms with Crippen LogP contribution in [0.4, 0.5) is 5.69 Å². The lowest BCUT2D eigenvalue weighted by atomic mass is 10.2. The Morgan fingerprint density at radius 3 is 2.85 bits per heavy atom. The van der Waals surface area contributed by atoms with Crippen LogP contribution in [-0.2, 0) is 0 Å². The number of aryl methyl sites for hydroxylation is 1. The van der Waals surface area contributed by atoms with E-state index in [1.54, 1.807) is 6.20 Å². The highest BCUT2D eigenvalue weighted by Gasteiger charge is 2.09. The second-order valence-electron chi connectivity index (χ2n) is 2.73. The molecule has 2 aromatic rings. The Labute approximate surface area is 74.6 Å². The lowest BCUT2D eigenvalue weighted by molar-refractivity contribution is 0.431. The minimum absolute atomic E-state index is 0.469. The van der Waals surface area contributed by atoms with Crippen molar-refractivity contribution in [3.63, 3.8) is 0 Å². The monoisotopic (exact) mass is 176 g/mol. The second-order valence-corrected chi connectivity index (χ2v) is 2.73. The van der Waals surface area contributed by atoms with Crippen LogP contribution in [0.15, 0.2) is 23.0 Å². The van der Waals surface area contributed by atoms with Gasteiger partial charge in [-0.15, -0.1) is 5.10 Å². The van der Waals surface area contributed by atoms with Gasteiger partial charge in [-0.1, -0.05) is 5.16 Å². The third-order valence-corrected chi connectivity index (χ3v) is 1.62. The molecule has 2 heterocycles. The van der Waals surface area contributed by atoms with Gasteiger partial charge in [-0.2, -0.15) is 5.10 Å². The molecule has 0 amide bonds. The summed E-state index contributed by atoms with van der Waals surface area (Å²) in [6, 6.07) is 1.84. The molecule has 0 fully saturated rings. The number of nitrogens with zero attached hydrogens (tertiary/aromatic N) is 3. The van der Waals surface area contributed by atoms with E-state index in [1.807, 2.05) is 13.0 Å². The SMILES string of the molecule is Cc1cnnc(-c2oncc2N)c1. The van der Waals surface area contributed by atoms with Crippen LogP contribution in [-0.4, -0.2) is 15.4 Å². The van der Waals surface area contributed by atoms with E-state index in [0.717, 1.165) is 5.56 Å². The van der Waals surface area contributed by atoms with E-state index in [0.29, 0.717) is 17.1 Å². The molecule has 0 aliphatic carbocycles. The first kappa shape index (κ1) is 7.72. The van der Waals surface area contributed by atoms with Gasteiger partial charge in [-0.05, 0) is 18.6 Å². The normalized spacial score (nSPS) is 10.2. The van der Waals surface area contributed by atoms with E-state index < -0.39 is 0 Å². The van der Waals surface area contributed by atoms with E-state index in [-0.39, 0.29) is 0 Å². The summed E-state index contributed by atoms with van der Waals surface area (Å²) in [5.74, 6) is 0.469. The number of aromatic nitrogens is 3. The number of hydrogen-bond acceptors (Lipinski definition) is 5. The van der Waals surface area contributed by atoms with Crippen molar-refractivity contribution in [2.24, 2.45) is 0 Å². The summed E-state index contributed by atoms with van der Waals surface area (Å²) in [5.41, 5.74) is 7.68. The van der Waals surface area contributed by atoms with Crippen molar-refractivity contribution in [1.29, 1.82) is 0 Å². The predicted molar refractivity (Wildman–Crippen MR) is 46.7 cm³/mol. The maximum absolute atomic E-state index is 5.60. The molecule has 0 atom stereocenters. The van der Waals surface area contributed by atoms with Crippen molar-refractivity contribution in [3.8, 4) is 11.5 Å². The largest absolute Gasteiger partial charge is 0.394 e. The first-order chi connectivity index (χ1) is 6.27. The molecule has 2 N–H and O–H groups in total. The molecule has 0 unspecified atom stereocenters. The van der Waals surface area contributed by atoms with Crippen molar-refractivity contribution in [2.75, 3.05) is 5.73 Å². The van der Waals surface area contributed by atoms with Crippen molar-refractivity contribution in [2.45, 2.75) is 6.92 Å². The Kier molecular flexibility index (Phi) is 1.70. The molecule has 0 aliphatic rings. The summed E-state index contributed by atoms with van der Waals surface area (Å²) in [4.78, 5) is 0. The van der Waals surface area contributed by atoms with Gasteiger partial charge in [0.2, 0.25) is 5.76 Å². The van der Waals surface area contributed by atoms with Gasteiger partial charge in [0.05, 0.1) is 12.4 Å². The minimum Gasteiger partial charge on any atom is -0.394 e. The summed E-state index contributed by atoms with van der Waals surface area (Å²) in [7, 11) is 0. The fourth-order valence-corrected chi connectivity index (χ4v) is 1.02. The summed E-state index contributed by atoms with van der Waals surface area (Å²) in [5, 5.41) is 11.2. The zero-order chi connectivity index (χ0) is 9.26. The van der Waals surface area contributed by atoms with E-state index in [4.69, 9.17) is 10.3 Å². The van der Waals surface area contributed by atoms with Crippen molar-refractivity contribution in [1.82, 2.24) is 15.4 Å². The zero-order valence-corrected chi connectivity index (χ0v) is 7.06. The molecule has 0 spiro atoms. The minimum atomic E-state index is 0.469. The average molecular weight is 176 g/mol. The summed E-state index contributed by atoms with van der Waals surface area (Å²) < 4.78 is 4.93. The van der Waals surface area contributed by atoms with Gasteiger partial charge in [0.15, 0.2) is 0 Å². The van der Waals surface area contributed by atoms with Crippen LogP contribution < -0.4 is 5.73 Å². The first-order valence-corrected chi connectivity index (χ1v) is 3.77. The third kappa shape index (κ3) is 1.35. The highest BCUT2D eigenvalue weighted by atomic mass is 16.5. The van der Waals surface area contributed by atoms with E-state index in [1.165, 1.54) is 6.20 Å². The molecular formula is C8H8N4O. The Bertz CT molecular complexity index is 424. The smallest absolute Gasteiger partial charge is 0.209 e. The molecule has 0 saturated carbocycles. The quantitative estimate of drug-likeness (QED) is 0.701. The van der Waals surface area contributed by atoms with Crippen molar-refractivity contribution >= 4 is 5.69 Å². The molecule has 0 radical (unpaired) electrons. The van der Waals surface area contributed by atoms with Crippen LogP contribution in [0.5, 0.6) is 0 Å². The first-order valence-electron chi connectivity index (χ1n) is 3.77. The van der Waals surface area contributed by atoms with E-state index in [9.17, 15) is 0 Å². The number of nitrogens with two attached hydrogens (primary N) is 1. The Morgan fingerprint density at radius 1 is 1.38 bits per heavy atom. The lowest BCUT2D eigenvalue weighted by Crippen LogP contribution is -1.90. The van der Waals surface area contributed by atoms with E-state index >= 15 is 0 Å². The maximum atomic E-state index is 5.60. The van der Waals surface area contributed by atoms with Crippen LogP contribution in [0.25, 0.3) is 11.5 Å². The molecular weight excluding hydrogens is 168 g/mol. The number of hydrogen-bond donors (Lipinski definition) is 1. The van der Waals surface area contributed by atoms with Crippen molar-refractivity contribution in [3.05, 3.63) is 24.0 Å². The lowest BCUT2D eigenvalue weighted by Gasteiger charge is -1.95. The Morgan fingerprint density at radius 2 is 2.23 bits per heavy atom. The van der Waals surface area contributed by atoms with Gasteiger partial charge in [-0.25, -0.2) is 0 Å². The molecule has 66 valence electrons. The highest BCUT2D eigenvalue weighted by Crippen LogP contribution is 2.22. The molecule has 0 aromatic carbocycles. The Balaban J connectivity index is 2.53. The molecule has 0 saturated heterocycles. The molecule has 0 bridgehead atoms. The number of anilines is 1. The van der Waals surface area contributed by atoms with Gasteiger partial charge in [-0.3, -0.25) is 0 Å². The van der Waals surface area contributed by atoms with E-state index in [2.05, 4.69) is 15.4 Å². The van der Waals surface area contributed by atoms with Crippen LogP contribution >= 0.6 is 0 Å². The zero-order valence-electron chi connectivity index (χ0n) is 7.06. The molecule has 0 aliphatic heterocycles. The van der Waals surface area contributed by atoms with Crippen LogP contribution in [0, 0.1) is 6.92 Å². The van der Waals surface area contributed by atoms with Gasteiger partial charge in [0, 0.05) is 0 Å². The summed E-state index contributed by atoms with van der Waals surface area (Å²) >= 11 is 0. The standard InChI is InChI=1S/C8H8N4O/c1-5-2-7(12-10-3-5)8-6(9)4-11-13-8/h2-4H,9H2,1H3. The van der Waals surface area contributed by atoms with Gasteiger partial charge < -0.3 is 10.3 Å². The summed E-state index contributed by atoms with van der Waals surface area (Å²) in [6.45, 7) is 1.92. The van der Waals surface area contributed by atoms with Crippen LogP contribution in [0.2, 0.25) is 0 Å².